The van der Waals surface area contributed by atoms with E-state index in [1.54, 1.807) is 49.4 Å². The number of hydrogen-bond acceptors (Lipinski definition) is 6. The number of anilines is 3. The van der Waals surface area contributed by atoms with Gasteiger partial charge in [-0.05, 0) is 117 Å². The molecular formula is C30H31N3O6S2. The van der Waals surface area contributed by atoms with Crippen LogP contribution >= 0.6 is 0 Å². The van der Waals surface area contributed by atoms with Crippen LogP contribution in [-0.2, 0) is 20.0 Å². The fourth-order valence-corrected chi connectivity index (χ4v) is 6.57. The van der Waals surface area contributed by atoms with Gasteiger partial charge in [-0.1, -0.05) is 12.1 Å². The zero-order valence-corrected chi connectivity index (χ0v) is 24.7. The van der Waals surface area contributed by atoms with Crippen LogP contribution in [-0.4, -0.2) is 29.3 Å². The number of sulfonamides is 2. The van der Waals surface area contributed by atoms with E-state index in [1.165, 1.54) is 36.4 Å². The summed E-state index contributed by atoms with van der Waals surface area (Å²) >= 11 is 0. The summed E-state index contributed by atoms with van der Waals surface area (Å²) < 4.78 is 62.4. The number of amides is 1. The highest BCUT2D eigenvalue weighted by molar-refractivity contribution is 7.93. The van der Waals surface area contributed by atoms with Gasteiger partial charge >= 0.3 is 0 Å². The maximum absolute atomic E-state index is 13.2. The molecule has 0 saturated carbocycles. The first kappa shape index (κ1) is 29.6. The SMILES string of the molecule is CCOc1ccc(NS(=O)(=O)c2ccc(NC(=O)c3ccc(C)c(S(=O)(=O)Nc4cc(C)cc(C)c4)c3)cc2)cc1. The highest BCUT2D eigenvalue weighted by Crippen LogP contribution is 2.24. The number of aryl methyl sites for hydroxylation is 3. The van der Waals surface area contributed by atoms with Crippen LogP contribution in [0.1, 0.15) is 34.0 Å². The Morgan fingerprint density at radius 1 is 0.683 bits per heavy atom. The van der Waals surface area contributed by atoms with Crippen LogP contribution in [0.5, 0.6) is 5.75 Å². The predicted molar refractivity (Wildman–Crippen MR) is 161 cm³/mol. The lowest BCUT2D eigenvalue weighted by atomic mass is 10.1. The molecule has 0 aliphatic rings. The van der Waals surface area contributed by atoms with Gasteiger partial charge in [0.05, 0.1) is 16.4 Å². The van der Waals surface area contributed by atoms with Gasteiger partial charge in [0.1, 0.15) is 5.75 Å². The maximum Gasteiger partial charge on any atom is 0.262 e. The molecule has 41 heavy (non-hydrogen) atoms. The number of carbonyl (C=O) groups excluding carboxylic acids is 1. The van der Waals surface area contributed by atoms with Crippen LogP contribution < -0.4 is 19.5 Å². The normalized spacial score (nSPS) is 11.5. The molecule has 4 aromatic rings. The van der Waals surface area contributed by atoms with Gasteiger partial charge in [0, 0.05) is 22.6 Å². The summed E-state index contributed by atoms with van der Waals surface area (Å²) in [5.41, 5.74) is 3.59. The van der Waals surface area contributed by atoms with Crippen LogP contribution in [0.3, 0.4) is 0 Å². The average Bonchev–Trinajstić information content (AvgIpc) is 2.89. The Hall–Kier alpha value is -4.35. The lowest BCUT2D eigenvalue weighted by Gasteiger charge is -2.13. The van der Waals surface area contributed by atoms with Crippen LogP contribution in [0.15, 0.2) is 94.7 Å². The van der Waals surface area contributed by atoms with Crippen molar-refractivity contribution in [3.63, 3.8) is 0 Å². The van der Waals surface area contributed by atoms with E-state index < -0.39 is 26.0 Å². The molecule has 0 aliphatic carbocycles. The zero-order chi connectivity index (χ0) is 29.8. The number of hydrogen-bond donors (Lipinski definition) is 3. The van der Waals surface area contributed by atoms with E-state index in [0.717, 1.165) is 11.1 Å². The predicted octanol–water partition coefficient (Wildman–Crippen LogP) is 5.86. The molecule has 11 heteroatoms. The Kier molecular flexibility index (Phi) is 8.69. The van der Waals surface area contributed by atoms with Crippen molar-refractivity contribution >= 4 is 43.0 Å². The van der Waals surface area contributed by atoms with Crippen molar-refractivity contribution in [2.45, 2.75) is 37.5 Å². The molecule has 1 amide bonds. The Balaban J connectivity index is 1.47. The minimum atomic E-state index is -3.97. The second-order valence-corrected chi connectivity index (χ2v) is 12.8. The molecule has 9 nitrogen and oxygen atoms in total. The molecule has 0 radical (unpaired) electrons. The Morgan fingerprint density at radius 2 is 1.27 bits per heavy atom. The fourth-order valence-electron chi connectivity index (χ4n) is 4.20. The summed E-state index contributed by atoms with van der Waals surface area (Å²) in [5, 5.41) is 2.68. The Labute approximate surface area is 240 Å². The zero-order valence-electron chi connectivity index (χ0n) is 23.1. The molecule has 0 atom stereocenters. The molecule has 4 rings (SSSR count). The van der Waals surface area contributed by atoms with Crippen molar-refractivity contribution in [3.8, 4) is 5.75 Å². The Bertz CT molecular complexity index is 1770. The van der Waals surface area contributed by atoms with Gasteiger partial charge in [0.2, 0.25) is 0 Å². The smallest absolute Gasteiger partial charge is 0.262 e. The van der Waals surface area contributed by atoms with Crippen molar-refractivity contribution in [1.82, 2.24) is 0 Å². The summed E-state index contributed by atoms with van der Waals surface area (Å²) in [4.78, 5) is 13.0. The summed E-state index contributed by atoms with van der Waals surface area (Å²) in [7, 11) is -7.84. The molecule has 3 N–H and O–H groups in total. The minimum absolute atomic E-state index is 0.00515. The molecule has 0 unspecified atom stereocenters. The lowest BCUT2D eigenvalue weighted by Crippen LogP contribution is -2.17. The van der Waals surface area contributed by atoms with E-state index in [4.69, 9.17) is 4.74 Å². The first-order valence-corrected chi connectivity index (χ1v) is 15.7. The molecule has 4 aromatic carbocycles. The van der Waals surface area contributed by atoms with Crippen molar-refractivity contribution < 1.29 is 26.4 Å². The van der Waals surface area contributed by atoms with Crippen LogP contribution in [0.4, 0.5) is 17.1 Å². The first-order valence-electron chi connectivity index (χ1n) is 12.8. The van der Waals surface area contributed by atoms with Gasteiger partial charge in [-0.15, -0.1) is 0 Å². The average molecular weight is 594 g/mol. The van der Waals surface area contributed by atoms with Gasteiger partial charge in [-0.2, -0.15) is 0 Å². The molecule has 0 fully saturated rings. The number of rotatable bonds is 10. The van der Waals surface area contributed by atoms with E-state index in [2.05, 4.69) is 14.8 Å². The number of benzene rings is 4. The third-order valence-corrected chi connectivity index (χ3v) is 8.97. The van der Waals surface area contributed by atoms with E-state index in [-0.39, 0.29) is 15.4 Å². The van der Waals surface area contributed by atoms with Gasteiger partial charge < -0.3 is 10.1 Å². The Morgan fingerprint density at radius 3 is 1.88 bits per heavy atom. The summed E-state index contributed by atoms with van der Waals surface area (Å²) in [6, 6.07) is 22.0. The second kappa shape index (κ2) is 12.0. The van der Waals surface area contributed by atoms with Crippen molar-refractivity contribution in [2.24, 2.45) is 0 Å². The molecule has 214 valence electrons. The molecular weight excluding hydrogens is 562 g/mol. The third-order valence-electron chi connectivity index (χ3n) is 6.05. The van der Waals surface area contributed by atoms with Gasteiger partial charge in [0.25, 0.3) is 26.0 Å². The third kappa shape index (κ3) is 7.44. The largest absolute Gasteiger partial charge is 0.494 e. The molecule has 0 aliphatic heterocycles. The van der Waals surface area contributed by atoms with Crippen LogP contribution in [0, 0.1) is 20.8 Å². The highest BCUT2D eigenvalue weighted by atomic mass is 32.2. The quantitative estimate of drug-likeness (QED) is 0.211. The second-order valence-electron chi connectivity index (χ2n) is 9.50. The first-order chi connectivity index (χ1) is 19.4. The minimum Gasteiger partial charge on any atom is -0.494 e. The van der Waals surface area contributed by atoms with Crippen molar-refractivity contribution in [3.05, 3.63) is 107 Å². The standard InChI is InChI=1S/C30H31N3O6S2/c1-5-39-27-12-8-25(9-13-27)32-40(35,36)28-14-10-24(11-15-28)31-30(34)23-7-6-22(4)29(19-23)41(37,38)33-26-17-20(2)16-21(3)18-26/h6-19,32-33H,5H2,1-4H3,(H,31,34). The highest BCUT2D eigenvalue weighted by Gasteiger charge is 2.20. The van der Waals surface area contributed by atoms with Gasteiger partial charge in [-0.25, -0.2) is 16.8 Å². The number of carbonyl (C=O) groups is 1. The van der Waals surface area contributed by atoms with E-state index in [9.17, 15) is 21.6 Å². The maximum atomic E-state index is 13.2. The van der Waals surface area contributed by atoms with Gasteiger partial charge in [0.15, 0.2) is 0 Å². The fraction of sp³-hybridized carbons (Fsp3) is 0.167. The van der Waals surface area contributed by atoms with Crippen molar-refractivity contribution in [2.75, 3.05) is 21.4 Å². The van der Waals surface area contributed by atoms with Crippen molar-refractivity contribution in [1.29, 1.82) is 0 Å². The van der Waals surface area contributed by atoms with Crippen LogP contribution in [0.2, 0.25) is 0 Å². The lowest BCUT2D eigenvalue weighted by molar-refractivity contribution is 0.102. The monoisotopic (exact) mass is 593 g/mol. The summed E-state index contributed by atoms with van der Waals surface area (Å²) in [6.45, 7) is 7.77. The van der Waals surface area contributed by atoms with Gasteiger partial charge in [-0.3, -0.25) is 14.2 Å². The van der Waals surface area contributed by atoms with E-state index >= 15 is 0 Å². The molecule has 0 bridgehead atoms. The van der Waals surface area contributed by atoms with E-state index in [1.807, 2.05) is 26.8 Å². The summed E-state index contributed by atoms with van der Waals surface area (Å²) in [6.07, 6.45) is 0. The molecule has 0 heterocycles. The van der Waals surface area contributed by atoms with E-state index in [0.29, 0.717) is 35.0 Å². The summed E-state index contributed by atoms with van der Waals surface area (Å²) in [5.74, 6) is 0.0856. The number of nitrogens with one attached hydrogen (secondary N) is 3. The molecule has 0 spiro atoms. The topological polar surface area (TPSA) is 131 Å². The molecule has 0 aromatic heterocycles. The number of ether oxygens (including phenoxy) is 1. The molecule has 0 saturated heterocycles. The van der Waals surface area contributed by atoms with Crippen LogP contribution in [0.25, 0.3) is 0 Å².